The van der Waals surface area contributed by atoms with Gasteiger partial charge in [-0.1, -0.05) is 33.8 Å². The summed E-state index contributed by atoms with van der Waals surface area (Å²) in [7, 11) is 0. The van der Waals surface area contributed by atoms with Gasteiger partial charge in [0.05, 0.1) is 6.10 Å². The Morgan fingerprint density at radius 2 is 1.74 bits per heavy atom. The highest BCUT2D eigenvalue weighted by Gasteiger charge is 2.17. The van der Waals surface area contributed by atoms with Gasteiger partial charge in [0.2, 0.25) is 0 Å². The van der Waals surface area contributed by atoms with Crippen LogP contribution < -0.4 is 4.74 Å². The lowest BCUT2D eigenvalue weighted by Crippen LogP contribution is -2.11. The van der Waals surface area contributed by atoms with E-state index in [-0.39, 0.29) is 0 Å². The molecule has 0 atom stereocenters. The second kappa shape index (κ2) is 6.45. The van der Waals surface area contributed by atoms with E-state index in [2.05, 4.69) is 45.9 Å². The molecule has 0 amide bonds. The largest absolute Gasteiger partial charge is 0.490 e. The predicted molar refractivity (Wildman–Crippen MR) is 82.0 cm³/mol. The second-order valence-electron chi connectivity index (χ2n) is 6.69. The summed E-state index contributed by atoms with van der Waals surface area (Å²) in [6, 6.07) is 6.85. The number of benzene rings is 1. The van der Waals surface area contributed by atoms with Gasteiger partial charge in [0, 0.05) is 0 Å². The molecule has 19 heavy (non-hydrogen) atoms. The highest BCUT2D eigenvalue weighted by atomic mass is 16.5. The van der Waals surface area contributed by atoms with Gasteiger partial charge in [0.1, 0.15) is 5.75 Å². The first-order valence-electron chi connectivity index (χ1n) is 7.85. The van der Waals surface area contributed by atoms with E-state index in [9.17, 15) is 0 Å². The SMILES string of the molecule is CC(C)Cc1cc(OC2CCCC2)cc(C(C)C)c1. The molecule has 0 heterocycles. The third-order valence-electron chi connectivity index (χ3n) is 3.90. The van der Waals surface area contributed by atoms with Crippen molar-refractivity contribution in [2.24, 2.45) is 5.92 Å². The number of hydrogen-bond acceptors (Lipinski definition) is 1. The van der Waals surface area contributed by atoms with Gasteiger partial charge in [-0.3, -0.25) is 0 Å². The molecule has 0 unspecified atom stereocenters. The van der Waals surface area contributed by atoms with Crippen molar-refractivity contribution in [2.45, 2.75) is 71.8 Å². The average Bonchev–Trinajstić information content (AvgIpc) is 2.80. The molecule has 0 saturated heterocycles. The van der Waals surface area contributed by atoms with E-state index < -0.39 is 0 Å². The van der Waals surface area contributed by atoms with Crippen LogP contribution in [0.25, 0.3) is 0 Å². The summed E-state index contributed by atoms with van der Waals surface area (Å²) >= 11 is 0. The van der Waals surface area contributed by atoms with Crippen molar-refractivity contribution >= 4 is 0 Å². The summed E-state index contributed by atoms with van der Waals surface area (Å²) in [4.78, 5) is 0. The molecule has 1 aromatic rings. The van der Waals surface area contributed by atoms with Crippen LogP contribution in [0.4, 0.5) is 0 Å². The van der Waals surface area contributed by atoms with Crippen molar-refractivity contribution in [1.82, 2.24) is 0 Å². The van der Waals surface area contributed by atoms with Crippen molar-refractivity contribution in [1.29, 1.82) is 0 Å². The molecular weight excluding hydrogens is 232 g/mol. The average molecular weight is 260 g/mol. The van der Waals surface area contributed by atoms with E-state index in [1.165, 1.54) is 36.8 Å². The van der Waals surface area contributed by atoms with Gasteiger partial charge in [-0.05, 0) is 67.2 Å². The first-order valence-corrected chi connectivity index (χ1v) is 7.85. The lowest BCUT2D eigenvalue weighted by atomic mass is 9.96. The van der Waals surface area contributed by atoms with E-state index in [1.807, 2.05) is 0 Å². The molecule has 1 nitrogen and oxygen atoms in total. The Bertz CT molecular complexity index is 400. The van der Waals surface area contributed by atoms with Crippen LogP contribution in [0.1, 0.15) is 70.4 Å². The normalized spacial score (nSPS) is 16.5. The predicted octanol–water partition coefficient (Wildman–Crippen LogP) is 5.33. The van der Waals surface area contributed by atoms with Gasteiger partial charge in [0.15, 0.2) is 0 Å². The smallest absolute Gasteiger partial charge is 0.120 e. The molecule has 1 aromatic carbocycles. The second-order valence-corrected chi connectivity index (χ2v) is 6.69. The molecule has 1 fully saturated rings. The Kier molecular flexibility index (Phi) is 4.90. The highest BCUT2D eigenvalue weighted by Crippen LogP contribution is 2.28. The van der Waals surface area contributed by atoms with Crippen LogP contribution in [0.3, 0.4) is 0 Å². The Hall–Kier alpha value is -0.980. The van der Waals surface area contributed by atoms with Crippen molar-refractivity contribution in [3.05, 3.63) is 29.3 Å². The van der Waals surface area contributed by atoms with Crippen molar-refractivity contribution in [3.63, 3.8) is 0 Å². The lowest BCUT2D eigenvalue weighted by Gasteiger charge is -2.17. The van der Waals surface area contributed by atoms with Gasteiger partial charge < -0.3 is 4.74 Å². The van der Waals surface area contributed by atoms with Crippen LogP contribution >= 0.6 is 0 Å². The number of hydrogen-bond donors (Lipinski definition) is 0. The summed E-state index contributed by atoms with van der Waals surface area (Å²) in [6.07, 6.45) is 6.70. The van der Waals surface area contributed by atoms with E-state index in [4.69, 9.17) is 4.74 Å². The fraction of sp³-hybridized carbons (Fsp3) is 0.667. The number of rotatable bonds is 5. The zero-order valence-corrected chi connectivity index (χ0v) is 12.9. The molecule has 0 spiro atoms. The molecule has 0 aliphatic heterocycles. The standard InChI is InChI=1S/C18H28O/c1-13(2)9-15-10-16(14(3)4)12-18(11-15)19-17-7-5-6-8-17/h10-14,17H,5-9H2,1-4H3. The number of ether oxygens (including phenoxy) is 1. The van der Waals surface area contributed by atoms with Gasteiger partial charge in [-0.2, -0.15) is 0 Å². The van der Waals surface area contributed by atoms with E-state index in [0.717, 1.165) is 12.2 Å². The third kappa shape index (κ3) is 4.26. The quantitative estimate of drug-likeness (QED) is 0.695. The van der Waals surface area contributed by atoms with Gasteiger partial charge >= 0.3 is 0 Å². The zero-order chi connectivity index (χ0) is 13.8. The molecule has 1 aliphatic carbocycles. The van der Waals surface area contributed by atoms with Gasteiger partial charge in [-0.25, -0.2) is 0 Å². The van der Waals surface area contributed by atoms with Crippen LogP contribution in [0, 0.1) is 5.92 Å². The summed E-state index contributed by atoms with van der Waals surface area (Å²) in [5, 5.41) is 0. The van der Waals surface area contributed by atoms with Gasteiger partial charge in [-0.15, -0.1) is 0 Å². The van der Waals surface area contributed by atoms with Crippen LogP contribution in [-0.4, -0.2) is 6.10 Å². The van der Waals surface area contributed by atoms with Crippen LogP contribution in [-0.2, 0) is 6.42 Å². The topological polar surface area (TPSA) is 9.23 Å². The molecule has 0 N–H and O–H groups in total. The summed E-state index contributed by atoms with van der Waals surface area (Å²) in [5.74, 6) is 2.36. The van der Waals surface area contributed by atoms with Crippen LogP contribution in [0.5, 0.6) is 5.75 Å². The monoisotopic (exact) mass is 260 g/mol. The van der Waals surface area contributed by atoms with Crippen LogP contribution in [0.15, 0.2) is 18.2 Å². The minimum atomic E-state index is 0.453. The minimum Gasteiger partial charge on any atom is -0.490 e. The molecule has 1 saturated carbocycles. The van der Waals surface area contributed by atoms with Crippen LogP contribution in [0.2, 0.25) is 0 Å². The molecule has 0 bridgehead atoms. The minimum absolute atomic E-state index is 0.453. The maximum Gasteiger partial charge on any atom is 0.120 e. The van der Waals surface area contributed by atoms with Crippen molar-refractivity contribution in [2.75, 3.05) is 0 Å². The fourth-order valence-electron chi connectivity index (χ4n) is 2.88. The maximum atomic E-state index is 6.19. The van der Waals surface area contributed by atoms with Gasteiger partial charge in [0.25, 0.3) is 0 Å². The Balaban J connectivity index is 2.17. The molecule has 1 aliphatic rings. The summed E-state index contributed by atoms with van der Waals surface area (Å²) < 4.78 is 6.19. The maximum absolute atomic E-state index is 6.19. The molecule has 2 rings (SSSR count). The zero-order valence-electron chi connectivity index (χ0n) is 12.9. The summed E-state index contributed by atoms with van der Waals surface area (Å²) in [6.45, 7) is 9.07. The van der Waals surface area contributed by atoms with E-state index in [0.29, 0.717) is 17.9 Å². The first kappa shape index (κ1) is 14.4. The van der Waals surface area contributed by atoms with E-state index in [1.54, 1.807) is 0 Å². The molecule has 1 heteroatoms. The lowest BCUT2D eigenvalue weighted by molar-refractivity contribution is 0.209. The Morgan fingerprint density at radius 1 is 1.05 bits per heavy atom. The van der Waals surface area contributed by atoms with E-state index >= 15 is 0 Å². The molecule has 106 valence electrons. The van der Waals surface area contributed by atoms with Crippen molar-refractivity contribution in [3.8, 4) is 5.75 Å². The molecule has 0 radical (unpaired) electrons. The first-order chi connectivity index (χ1) is 9.04. The molecular formula is C18H28O. The van der Waals surface area contributed by atoms with Crippen molar-refractivity contribution < 1.29 is 4.74 Å². The molecule has 0 aromatic heterocycles. The highest BCUT2D eigenvalue weighted by molar-refractivity contribution is 5.36. The third-order valence-corrected chi connectivity index (χ3v) is 3.90. The summed E-state index contributed by atoms with van der Waals surface area (Å²) in [5.41, 5.74) is 2.83. The Labute approximate surface area is 118 Å². The fourth-order valence-corrected chi connectivity index (χ4v) is 2.88. The Morgan fingerprint density at radius 3 is 2.32 bits per heavy atom.